The number of nitrogens with zero attached hydrogens (tertiary/aromatic N) is 2. The van der Waals surface area contributed by atoms with Gasteiger partial charge in [-0.1, -0.05) is 25.4 Å². The van der Waals surface area contributed by atoms with E-state index in [9.17, 15) is 14.4 Å². The van der Waals surface area contributed by atoms with Crippen molar-refractivity contribution in [1.82, 2.24) is 14.5 Å². The van der Waals surface area contributed by atoms with Crippen LogP contribution in [0, 0.1) is 0 Å². The van der Waals surface area contributed by atoms with Crippen LogP contribution in [-0.2, 0) is 16.6 Å². The van der Waals surface area contributed by atoms with E-state index in [2.05, 4.69) is 19.2 Å². The molecular weight excluding hydrogens is 330 g/mol. The number of carbonyl (C=O) groups excluding carboxylic acids is 2. The number of fused-ring (bicyclic) bond motifs is 1. The molecule has 0 bridgehead atoms. The molecule has 24 heavy (non-hydrogen) atoms. The van der Waals surface area contributed by atoms with Crippen LogP contribution in [0.4, 0.5) is 0 Å². The number of imide groups is 1. The Morgan fingerprint density at radius 2 is 2.04 bits per heavy atom. The van der Waals surface area contributed by atoms with E-state index in [0.29, 0.717) is 17.0 Å². The second-order valence-electron chi connectivity index (χ2n) is 6.32. The van der Waals surface area contributed by atoms with E-state index in [1.165, 1.54) is 4.57 Å². The van der Waals surface area contributed by atoms with Crippen molar-refractivity contribution in [3.8, 4) is 0 Å². The summed E-state index contributed by atoms with van der Waals surface area (Å²) in [5.41, 5.74) is 2.08. The fourth-order valence-corrected chi connectivity index (χ4v) is 3.72. The molecule has 2 aromatic rings. The van der Waals surface area contributed by atoms with E-state index in [1.807, 2.05) is 0 Å². The molecule has 1 aromatic carbocycles. The molecule has 0 radical (unpaired) electrons. The number of imidazole rings is 1. The van der Waals surface area contributed by atoms with Crippen LogP contribution in [0.1, 0.15) is 50.6 Å². The normalized spacial score (nSPS) is 19.6. The van der Waals surface area contributed by atoms with Crippen LogP contribution in [0.3, 0.4) is 0 Å². The Morgan fingerprint density at radius 1 is 1.33 bits per heavy atom. The van der Waals surface area contributed by atoms with E-state index in [-0.39, 0.29) is 23.9 Å². The molecular formula is C17H20ClN3O3. The summed E-state index contributed by atoms with van der Waals surface area (Å²) in [6.45, 7) is 4.13. The van der Waals surface area contributed by atoms with Crippen LogP contribution in [-0.4, -0.2) is 20.9 Å². The molecule has 2 unspecified atom stereocenters. The van der Waals surface area contributed by atoms with Crippen LogP contribution in [0.5, 0.6) is 0 Å². The average Bonchev–Trinajstić information content (AvgIpc) is 2.79. The summed E-state index contributed by atoms with van der Waals surface area (Å²) in [7, 11) is 1.69. The van der Waals surface area contributed by atoms with Gasteiger partial charge >= 0.3 is 5.69 Å². The van der Waals surface area contributed by atoms with Crippen LogP contribution in [0.2, 0.25) is 5.02 Å². The van der Waals surface area contributed by atoms with Crippen molar-refractivity contribution in [3.05, 3.63) is 33.2 Å². The number of aryl methyl sites for hydroxylation is 1. The average molecular weight is 350 g/mol. The molecule has 1 fully saturated rings. The number of hydrogen-bond acceptors (Lipinski definition) is 3. The van der Waals surface area contributed by atoms with Gasteiger partial charge in [-0.05, 0) is 36.5 Å². The van der Waals surface area contributed by atoms with Gasteiger partial charge < -0.3 is 0 Å². The number of halogens is 1. The molecule has 2 atom stereocenters. The number of aromatic nitrogens is 2. The summed E-state index contributed by atoms with van der Waals surface area (Å²) in [5, 5.41) is 2.93. The molecule has 0 spiro atoms. The monoisotopic (exact) mass is 349 g/mol. The Morgan fingerprint density at radius 3 is 2.67 bits per heavy atom. The highest BCUT2D eigenvalue weighted by molar-refractivity contribution is 6.32. The predicted molar refractivity (Wildman–Crippen MR) is 92.3 cm³/mol. The van der Waals surface area contributed by atoms with Crippen molar-refractivity contribution in [2.75, 3.05) is 0 Å². The van der Waals surface area contributed by atoms with Crippen molar-refractivity contribution in [2.45, 2.75) is 45.1 Å². The minimum Gasteiger partial charge on any atom is -0.295 e. The van der Waals surface area contributed by atoms with Gasteiger partial charge in [-0.15, -0.1) is 0 Å². The number of nitrogens with one attached hydrogen (secondary N) is 1. The van der Waals surface area contributed by atoms with Gasteiger partial charge in [0.15, 0.2) is 0 Å². The van der Waals surface area contributed by atoms with Crippen LogP contribution in [0.25, 0.3) is 11.0 Å². The van der Waals surface area contributed by atoms with Gasteiger partial charge in [-0.3, -0.25) is 24.0 Å². The molecule has 2 heterocycles. The summed E-state index contributed by atoms with van der Waals surface area (Å²) >= 11 is 6.40. The van der Waals surface area contributed by atoms with Crippen molar-refractivity contribution in [2.24, 2.45) is 7.05 Å². The van der Waals surface area contributed by atoms with Gasteiger partial charge in [0.25, 0.3) is 0 Å². The number of benzene rings is 1. The minimum atomic E-state index is -0.676. The molecule has 1 N–H and O–H groups in total. The van der Waals surface area contributed by atoms with Crippen LogP contribution >= 0.6 is 11.6 Å². The Kier molecular flexibility index (Phi) is 4.25. The molecule has 1 aliphatic heterocycles. The summed E-state index contributed by atoms with van der Waals surface area (Å²) in [4.78, 5) is 36.4. The first-order valence-corrected chi connectivity index (χ1v) is 8.47. The van der Waals surface area contributed by atoms with Crippen molar-refractivity contribution < 1.29 is 9.59 Å². The van der Waals surface area contributed by atoms with Gasteiger partial charge in [-0.25, -0.2) is 4.79 Å². The highest BCUT2D eigenvalue weighted by Gasteiger charge is 2.32. The highest BCUT2D eigenvalue weighted by atomic mass is 35.5. The smallest absolute Gasteiger partial charge is 0.295 e. The standard InChI is InChI=1S/C17H20ClN3O3/c1-4-9(2)14-10(18)5-6-11-15(14)20(3)17(24)21(11)12-7-8-13(22)19-16(12)23/h5-6,9,12H,4,7-8H2,1-3H3,(H,19,22,23). The molecule has 1 aliphatic rings. The number of carbonyl (C=O) groups is 2. The lowest BCUT2D eigenvalue weighted by molar-refractivity contribution is -0.135. The van der Waals surface area contributed by atoms with Gasteiger partial charge in [0.2, 0.25) is 11.8 Å². The first-order chi connectivity index (χ1) is 11.4. The third-order valence-corrected chi connectivity index (χ3v) is 5.19. The maximum absolute atomic E-state index is 12.8. The zero-order valence-electron chi connectivity index (χ0n) is 13.9. The fourth-order valence-electron chi connectivity index (χ4n) is 3.38. The van der Waals surface area contributed by atoms with Crippen molar-refractivity contribution in [1.29, 1.82) is 0 Å². The Balaban J connectivity index is 2.28. The number of amides is 2. The number of hydrogen-bond donors (Lipinski definition) is 1. The molecule has 2 amide bonds. The van der Waals surface area contributed by atoms with Crippen molar-refractivity contribution >= 4 is 34.4 Å². The second-order valence-corrected chi connectivity index (χ2v) is 6.72. The number of piperidine rings is 1. The minimum absolute atomic E-state index is 0.185. The lowest BCUT2D eigenvalue weighted by Crippen LogP contribution is -2.44. The third kappa shape index (κ3) is 2.45. The lowest BCUT2D eigenvalue weighted by Gasteiger charge is -2.22. The summed E-state index contributed by atoms with van der Waals surface area (Å²) in [6, 6.07) is 2.87. The highest BCUT2D eigenvalue weighted by Crippen LogP contribution is 2.34. The van der Waals surface area contributed by atoms with E-state index in [4.69, 9.17) is 11.6 Å². The van der Waals surface area contributed by atoms with Gasteiger partial charge in [0.1, 0.15) is 6.04 Å². The van der Waals surface area contributed by atoms with Crippen LogP contribution < -0.4 is 11.0 Å². The van der Waals surface area contributed by atoms with E-state index >= 15 is 0 Å². The second kappa shape index (κ2) is 6.09. The molecule has 3 rings (SSSR count). The van der Waals surface area contributed by atoms with Gasteiger partial charge in [0.05, 0.1) is 11.0 Å². The molecule has 7 heteroatoms. The van der Waals surface area contributed by atoms with Gasteiger partial charge in [0, 0.05) is 18.5 Å². The quantitative estimate of drug-likeness (QED) is 0.865. The Bertz CT molecular complexity index is 897. The summed E-state index contributed by atoms with van der Waals surface area (Å²) in [5.74, 6) is -0.543. The first kappa shape index (κ1) is 16.8. The van der Waals surface area contributed by atoms with E-state index < -0.39 is 11.9 Å². The van der Waals surface area contributed by atoms with E-state index in [0.717, 1.165) is 17.5 Å². The zero-order chi connectivity index (χ0) is 17.6. The Hall–Kier alpha value is -2.08. The maximum Gasteiger partial charge on any atom is 0.329 e. The molecule has 6 nitrogen and oxygen atoms in total. The molecule has 0 saturated carbocycles. The third-order valence-electron chi connectivity index (χ3n) is 4.86. The topological polar surface area (TPSA) is 73.1 Å². The lowest BCUT2D eigenvalue weighted by atomic mass is 9.96. The van der Waals surface area contributed by atoms with Gasteiger partial charge in [-0.2, -0.15) is 0 Å². The largest absolute Gasteiger partial charge is 0.329 e. The summed E-state index contributed by atoms with van der Waals surface area (Å²) < 4.78 is 3.03. The molecule has 1 aromatic heterocycles. The Labute approximate surface area is 144 Å². The zero-order valence-corrected chi connectivity index (χ0v) is 14.7. The molecule has 0 aliphatic carbocycles. The first-order valence-electron chi connectivity index (χ1n) is 8.09. The molecule has 1 saturated heterocycles. The fraction of sp³-hybridized carbons (Fsp3) is 0.471. The van der Waals surface area contributed by atoms with Crippen molar-refractivity contribution in [3.63, 3.8) is 0 Å². The van der Waals surface area contributed by atoms with Crippen LogP contribution in [0.15, 0.2) is 16.9 Å². The SMILES string of the molecule is CCC(C)c1c(Cl)ccc2c1n(C)c(=O)n2C1CCC(=O)NC1=O. The summed E-state index contributed by atoms with van der Waals surface area (Å²) in [6.07, 6.45) is 1.44. The van der Waals surface area contributed by atoms with E-state index in [1.54, 1.807) is 23.7 Å². The maximum atomic E-state index is 12.8. The number of rotatable bonds is 3. The predicted octanol–water partition coefficient (Wildman–Crippen LogP) is 2.48. The molecule has 128 valence electrons.